The molecular formula is C13H24N2O3. The molecule has 5 heteroatoms. The van der Waals surface area contributed by atoms with Crippen LogP contribution in [0.2, 0.25) is 0 Å². The molecule has 0 bridgehead atoms. The zero-order chi connectivity index (χ0) is 12.8. The van der Waals surface area contributed by atoms with E-state index < -0.39 is 0 Å². The summed E-state index contributed by atoms with van der Waals surface area (Å²) in [5, 5.41) is 3.15. The van der Waals surface area contributed by atoms with Gasteiger partial charge in [-0.3, -0.25) is 4.79 Å². The fourth-order valence-corrected chi connectivity index (χ4v) is 2.42. The van der Waals surface area contributed by atoms with Crippen LogP contribution in [-0.4, -0.2) is 63.4 Å². The van der Waals surface area contributed by atoms with Crippen molar-refractivity contribution in [3.63, 3.8) is 0 Å². The van der Waals surface area contributed by atoms with Crippen molar-refractivity contribution in [1.82, 2.24) is 10.2 Å². The molecule has 2 heterocycles. The van der Waals surface area contributed by atoms with E-state index in [1.54, 1.807) is 7.11 Å². The highest BCUT2D eigenvalue weighted by Gasteiger charge is 2.31. The van der Waals surface area contributed by atoms with Crippen molar-refractivity contribution in [2.45, 2.75) is 25.4 Å². The molecule has 2 aliphatic rings. The summed E-state index contributed by atoms with van der Waals surface area (Å²) in [5.41, 5.74) is 0. The molecule has 0 spiro atoms. The van der Waals surface area contributed by atoms with E-state index in [1.807, 2.05) is 4.90 Å². The third-order valence-electron chi connectivity index (χ3n) is 3.73. The van der Waals surface area contributed by atoms with Crippen molar-refractivity contribution in [3.8, 4) is 0 Å². The number of amides is 1. The molecule has 104 valence electrons. The van der Waals surface area contributed by atoms with Crippen LogP contribution >= 0.6 is 0 Å². The maximum atomic E-state index is 12.0. The van der Waals surface area contributed by atoms with Gasteiger partial charge in [0.25, 0.3) is 0 Å². The lowest BCUT2D eigenvalue weighted by Gasteiger charge is -2.36. The fraction of sp³-hybridized carbons (Fsp3) is 0.923. The summed E-state index contributed by atoms with van der Waals surface area (Å²) in [7, 11) is 1.71. The molecule has 2 rings (SSSR count). The molecule has 0 aromatic heterocycles. The highest BCUT2D eigenvalue weighted by molar-refractivity contribution is 5.80. The lowest BCUT2D eigenvalue weighted by molar-refractivity contribution is -0.139. The predicted octanol–water partition coefficient (Wildman–Crippen LogP) is 0.250. The minimum Gasteiger partial charge on any atom is -0.385 e. The molecule has 0 aliphatic carbocycles. The number of nitrogens with one attached hydrogen (secondary N) is 1. The van der Waals surface area contributed by atoms with Crippen molar-refractivity contribution in [2.75, 3.05) is 46.5 Å². The maximum absolute atomic E-state index is 12.0. The van der Waals surface area contributed by atoms with E-state index >= 15 is 0 Å². The van der Waals surface area contributed by atoms with E-state index in [-0.39, 0.29) is 5.92 Å². The molecule has 5 nitrogen and oxygen atoms in total. The third-order valence-corrected chi connectivity index (χ3v) is 3.73. The molecule has 18 heavy (non-hydrogen) atoms. The third kappa shape index (κ3) is 3.67. The first-order valence-electron chi connectivity index (χ1n) is 6.91. The number of carbonyl (C=O) groups excluding carboxylic acids is 1. The Hall–Kier alpha value is -0.650. The predicted molar refractivity (Wildman–Crippen MR) is 68.4 cm³/mol. The van der Waals surface area contributed by atoms with Crippen LogP contribution < -0.4 is 5.32 Å². The monoisotopic (exact) mass is 256 g/mol. The van der Waals surface area contributed by atoms with Gasteiger partial charge in [-0.15, -0.1) is 0 Å². The van der Waals surface area contributed by atoms with E-state index in [2.05, 4.69) is 5.32 Å². The largest absolute Gasteiger partial charge is 0.385 e. The molecule has 0 saturated carbocycles. The van der Waals surface area contributed by atoms with E-state index in [0.29, 0.717) is 12.0 Å². The van der Waals surface area contributed by atoms with Gasteiger partial charge in [-0.05, 0) is 19.3 Å². The van der Waals surface area contributed by atoms with Crippen molar-refractivity contribution >= 4 is 5.91 Å². The van der Waals surface area contributed by atoms with Crippen LogP contribution in [0.3, 0.4) is 0 Å². The van der Waals surface area contributed by atoms with E-state index in [9.17, 15) is 4.79 Å². The second-order valence-corrected chi connectivity index (χ2v) is 5.10. The molecule has 1 amide bonds. The Bertz CT molecular complexity index is 261. The molecule has 0 unspecified atom stereocenters. The zero-order valence-corrected chi connectivity index (χ0v) is 11.2. The van der Waals surface area contributed by atoms with Gasteiger partial charge in [-0.1, -0.05) is 0 Å². The van der Waals surface area contributed by atoms with Crippen LogP contribution in [0.1, 0.15) is 19.3 Å². The number of rotatable bonds is 6. The highest BCUT2D eigenvalue weighted by atomic mass is 16.5. The molecule has 2 fully saturated rings. The van der Waals surface area contributed by atoms with Gasteiger partial charge >= 0.3 is 0 Å². The molecule has 1 N–H and O–H groups in total. The van der Waals surface area contributed by atoms with Crippen molar-refractivity contribution < 1.29 is 14.3 Å². The number of carbonyl (C=O) groups is 1. The van der Waals surface area contributed by atoms with Crippen molar-refractivity contribution in [1.29, 1.82) is 0 Å². The van der Waals surface area contributed by atoms with Crippen LogP contribution in [-0.2, 0) is 14.3 Å². The fourth-order valence-electron chi connectivity index (χ4n) is 2.42. The Morgan fingerprint density at radius 3 is 2.56 bits per heavy atom. The molecular weight excluding hydrogens is 232 g/mol. The first kappa shape index (κ1) is 13.8. The Labute approximate surface area is 109 Å². The van der Waals surface area contributed by atoms with Gasteiger partial charge in [0.2, 0.25) is 5.91 Å². The minimum atomic E-state index is 0.226. The normalized spacial score (nSPS) is 21.9. The highest BCUT2D eigenvalue weighted by Crippen LogP contribution is 2.17. The van der Waals surface area contributed by atoms with Crippen LogP contribution in [0.15, 0.2) is 0 Å². The molecule has 0 aromatic carbocycles. The standard InChI is InChI=1S/C13H24N2O3/c1-17-7-2-8-18-12-3-5-15(6-4-12)13(16)11-9-14-10-11/h11-12,14H,2-10H2,1H3. The summed E-state index contributed by atoms with van der Waals surface area (Å²) in [6.45, 7) is 4.93. The van der Waals surface area contributed by atoms with Gasteiger partial charge in [0.1, 0.15) is 0 Å². The van der Waals surface area contributed by atoms with Gasteiger partial charge in [-0.2, -0.15) is 0 Å². The van der Waals surface area contributed by atoms with Crippen LogP contribution in [0.5, 0.6) is 0 Å². The van der Waals surface area contributed by atoms with Crippen molar-refractivity contribution in [2.24, 2.45) is 5.92 Å². The quantitative estimate of drug-likeness (QED) is 0.692. The Morgan fingerprint density at radius 1 is 1.28 bits per heavy atom. The average molecular weight is 256 g/mol. The lowest BCUT2D eigenvalue weighted by Crippen LogP contribution is -2.53. The maximum Gasteiger partial charge on any atom is 0.228 e. The second kappa shape index (κ2) is 7.07. The number of piperidine rings is 1. The number of likely N-dealkylation sites (tertiary alicyclic amines) is 1. The summed E-state index contributed by atoms with van der Waals surface area (Å²) < 4.78 is 10.8. The Morgan fingerprint density at radius 2 is 2.00 bits per heavy atom. The van der Waals surface area contributed by atoms with Crippen LogP contribution in [0, 0.1) is 5.92 Å². The Balaban J connectivity index is 1.60. The molecule has 0 radical (unpaired) electrons. The SMILES string of the molecule is COCCCOC1CCN(C(=O)C2CNC2)CC1. The summed E-state index contributed by atoms with van der Waals surface area (Å²) >= 11 is 0. The number of hydrogen-bond donors (Lipinski definition) is 1. The number of methoxy groups -OCH3 is 1. The van der Waals surface area contributed by atoms with Gasteiger partial charge < -0.3 is 19.7 Å². The van der Waals surface area contributed by atoms with E-state index in [4.69, 9.17) is 9.47 Å². The molecule has 2 aliphatic heterocycles. The molecule has 0 atom stereocenters. The van der Waals surface area contributed by atoms with Gasteiger partial charge in [0.15, 0.2) is 0 Å². The average Bonchev–Trinajstić information content (AvgIpc) is 2.33. The minimum absolute atomic E-state index is 0.226. The smallest absolute Gasteiger partial charge is 0.228 e. The first-order chi connectivity index (χ1) is 8.81. The Kier molecular flexibility index (Phi) is 5.41. The second-order valence-electron chi connectivity index (χ2n) is 5.10. The van der Waals surface area contributed by atoms with Gasteiger partial charge in [-0.25, -0.2) is 0 Å². The number of hydrogen-bond acceptors (Lipinski definition) is 4. The molecule has 0 aromatic rings. The van der Waals surface area contributed by atoms with Gasteiger partial charge in [0, 0.05) is 46.5 Å². The molecule has 2 saturated heterocycles. The van der Waals surface area contributed by atoms with E-state index in [0.717, 1.165) is 58.7 Å². The van der Waals surface area contributed by atoms with Gasteiger partial charge in [0.05, 0.1) is 12.0 Å². The summed E-state index contributed by atoms with van der Waals surface area (Å²) in [4.78, 5) is 14.0. The van der Waals surface area contributed by atoms with E-state index in [1.165, 1.54) is 0 Å². The summed E-state index contributed by atoms with van der Waals surface area (Å²) in [5.74, 6) is 0.552. The summed E-state index contributed by atoms with van der Waals surface area (Å²) in [6, 6.07) is 0. The van der Waals surface area contributed by atoms with Crippen molar-refractivity contribution in [3.05, 3.63) is 0 Å². The van der Waals surface area contributed by atoms with Crippen LogP contribution in [0.4, 0.5) is 0 Å². The topological polar surface area (TPSA) is 50.8 Å². The first-order valence-corrected chi connectivity index (χ1v) is 6.91. The number of ether oxygens (including phenoxy) is 2. The zero-order valence-electron chi connectivity index (χ0n) is 11.2. The van der Waals surface area contributed by atoms with Crippen LogP contribution in [0.25, 0.3) is 0 Å². The lowest BCUT2D eigenvalue weighted by atomic mass is 9.99. The summed E-state index contributed by atoms with van der Waals surface area (Å²) in [6.07, 6.45) is 3.21. The number of nitrogens with zero attached hydrogens (tertiary/aromatic N) is 1.